The average molecular weight is 447 g/mol. The highest BCUT2D eigenvalue weighted by Gasteiger charge is 2.28. The number of para-hydroxylation sites is 1. The molecule has 0 unspecified atom stereocenters. The van der Waals surface area contributed by atoms with Gasteiger partial charge in [0.1, 0.15) is 28.9 Å². The molecule has 0 saturated carbocycles. The first-order valence-corrected chi connectivity index (χ1v) is 11.0. The monoisotopic (exact) mass is 446 g/mol. The molecule has 2 aromatic heterocycles. The molecule has 2 aromatic carbocycles. The molecule has 33 heavy (non-hydrogen) atoms. The number of ether oxygens (including phenoxy) is 2. The topological polar surface area (TPSA) is 89.7 Å². The van der Waals surface area contributed by atoms with Gasteiger partial charge in [0.15, 0.2) is 11.4 Å². The third kappa shape index (κ3) is 4.04. The van der Waals surface area contributed by atoms with Crippen LogP contribution in [0.4, 0.5) is 5.82 Å². The van der Waals surface area contributed by atoms with Crippen molar-refractivity contribution in [2.24, 2.45) is 5.92 Å². The number of amides is 1. The van der Waals surface area contributed by atoms with E-state index in [1.165, 1.54) is 0 Å². The average Bonchev–Trinajstić information content (AvgIpc) is 3.26. The zero-order valence-corrected chi connectivity index (χ0v) is 18.7. The molecule has 1 saturated heterocycles. The van der Waals surface area contributed by atoms with Crippen LogP contribution in [0.5, 0.6) is 11.5 Å². The molecule has 1 atom stereocenters. The van der Waals surface area contributed by atoms with Crippen LogP contribution in [-0.4, -0.2) is 43.2 Å². The molecule has 0 radical (unpaired) electrons. The quantitative estimate of drug-likeness (QED) is 0.480. The molecule has 1 aliphatic rings. The first kappa shape index (κ1) is 21.1. The van der Waals surface area contributed by atoms with Crippen LogP contribution in [-0.2, 0) is 11.3 Å². The fourth-order valence-electron chi connectivity index (χ4n) is 4.44. The number of aromatic nitrogens is 2. The van der Waals surface area contributed by atoms with Gasteiger partial charge >= 0.3 is 0 Å². The van der Waals surface area contributed by atoms with Gasteiger partial charge in [-0.2, -0.15) is 0 Å². The molecule has 5 rings (SSSR count). The van der Waals surface area contributed by atoms with Crippen molar-refractivity contribution in [1.29, 1.82) is 0 Å². The summed E-state index contributed by atoms with van der Waals surface area (Å²) in [6.45, 7) is 1.79. The Kier molecular flexibility index (Phi) is 5.73. The lowest BCUT2D eigenvalue weighted by Crippen LogP contribution is -2.43. The summed E-state index contributed by atoms with van der Waals surface area (Å²) in [6, 6.07) is 13.4. The van der Waals surface area contributed by atoms with E-state index in [0.717, 1.165) is 47.3 Å². The normalized spacial score (nSPS) is 16.2. The lowest BCUT2D eigenvalue weighted by molar-refractivity contribution is -0.125. The van der Waals surface area contributed by atoms with Gasteiger partial charge in [-0.3, -0.25) is 4.79 Å². The second-order valence-corrected chi connectivity index (χ2v) is 8.15. The van der Waals surface area contributed by atoms with Crippen molar-refractivity contribution in [3.8, 4) is 11.5 Å². The molecule has 8 nitrogen and oxygen atoms in total. The Morgan fingerprint density at radius 3 is 2.91 bits per heavy atom. The smallest absolute Gasteiger partial charge is 0.225 e. The molecule has 1 amide bonds. The van der Waals surface area contributed by atoms with Gasteiger partial charge in [-0.15, -0.1) is 0 Å². The van der Waals surface area contributed by atoms with Crippen molar-refractivity contribution in [1.82, 2.24) is 15.3 Å². The summed E-state index contributed by atoms with van der Waals surface area (Å²) in [5.41, 5.74) is 3.16. The van der Waals surface area contributed by atoms with Crippen LogP contribution >= 0.6 is 0 Å². The number of carbonyl (C=O) groups is 1. The van der Waals surface area contributed by atoms with Gasteiger partial charge in [0.25, 0.3) is 0 Å². The van der Waals surface area contributed by atoms with Crippen molar-refractivity contribution in [3.63, 3.8) is 0 Å². The van der Waals surface area contributed by atoms with Crippen LogP contribution in [0.1, 0.15) is 18.4 Å². The summed E-state index contributed by atoms with van der Waals surface area (Å²) in [6.07, 6.45) is 3.30. The molecule has 8 heteroatoms. The number of rotatable bonds is 6. The second-order valence-electron chi connectivity index (χ2n) is 8.15. The van der Waals surface area contributed by atoms with Gasteiger partial charge in [0.2, 0.25) is 5.91 Å². The number of carbonyl (C=O) groups excluding carboxylic acids is 1. The largest absolute Gasteiger partial charge is 0.497 e. The van der Waals surface area contributed by atoms with E-state index in [4.69, 9.17) is 13.9 Å². The Bertz CT molecular complexity index is 1300. The van der Waals surface area contributed by atoms with Crippen LogP contribution in [0, 0.1) is 5.92 Å². The van der Waals surface area contributed by atoms with Gasteiger partial charge in [-0.25, -0.2) is 9.97 Å². The number of piperidine rings is 1. The van der Waals surface area contributed by atoms with Gasteiger partial charge < -0.3 is 24.1 Å². The molecule has 3 heterocycles. The summed E-state index contributed by atoms with van der Waals surface area (Å²) in [4.78, 5) is 24.1. The molecule has 170 valence electrons. The number of methoxy groups -OCH3 is 2. The summed E-state index contributed by atoms with van der Waals surface area (Å²) in [5, 5.41) is 4.04. The predicted molar refractivity (Wildman–Crippen MR) is 126 cm³/mol. The molecular formula is C25H26N4O4. The number of hydrogen-bond acceptors (Lipinski definition) is 7. The van der Waals surface area contributed by atoms with Gasteiger partial charge in [0, 0.05) is 36.7 Å². The maximum Gasteiger partial charge on any atom is 0.225 e. The third-order valence-electron chi connectivity index (χ3n) is 6.18. The van der Waals surface area contributed by atoms with E-state index < -0.39 is 0 Å². The first-order valence-electron chi connectivity index (χ1n) is 11.0. The van der Waals surface area contributed by atoms with Crippen molar-refractivity contribution in [2.75, 3.05) is 32.2 Å². The molecule has 0 spiro atoms. The van der Waals surface area contributed by atoms with Crippen LogP contribution in [0.25, 0.3) is 22.1 Å². The van der Waals surface area contributed by atoms with E-state index in [1.54, 1.807) is 20.5 Å². The number of nitrogens with zero attached hydrogens (tertiary/aromatic N) is 3. The lowest BCUT2D eigenvalue weighted by atomic mass is 9.97. The van der Waals surface area contributed by atoms with E-state index in [9.17, 15) is 4.79 Å². The van der Waals surface area contributed by atoms with Crippen LogP contribution in [0.2, 0.25) is 0 Å². The third-order valence-corrected chi connectivity index (χ3v) is 6.18. The van der Waals surface area contributed by atoms with E-state index in [2.05, 4.69) is 20.2 Å². The highest BCUT2D eigenvalue weighted by molar-refractivity contribution is 6.05. The van der Waals surface area contributed by atoms with Crippen molar-refractivity contribution in [3.05, 3.63) is 54.4 Å². The molecular weight excluding hydrogens is 420 g/mol. The van der Waals surface area contributed by atoms with E-state index >= 15 is 0 Å². The number of benzene rings is 2. The minimum Gasteiger partial charge on any atom is -0.497 e. The SMILES string of the molecule is COc1ccc(CNC(=O)[C@@H]2CCCN(c3ncnc4c3oc3ccccc34)C2)c(OC)c1. The zero-order chi connectivity index (χ0) is 22.8. The molecule has 0 bridgehead atoms. The number of hydrogen-bond donors (Lipinski definition) is 1. The Labute approximate surface area is 191 Å². The van der Waals surface area contributed by atoms with Crippen LogP contribution < -0.4 is 19.7 Å². The summed E-state index contributed by atoms with van der Waals surface area (Å²) in [7, 11) is 3.22. The van der Waals surface area contributed by atoms with Crippen molar-refractivity contribution < 1.29 is 18.7 Å². The van der Waals surface area contributed by atoms with Gasteiger partial charge in [-0.05, 0) is 37.1 Å². The van der Waals surface area contributed by atoms with Crippen molar-refractivity contribution in [2.45, 2.75) is 19.4 Å². The molecule has 0 aliphatic carbocycles. The highest BCUT2D eigenvalue weighted by atomic mass is 16.5. The maximum absolute atomic E-state index is 13.0. The molecule has 4 aromatic rings. The summed E-state index contributed by atoms with van der Waals surface area (Å²) in [5.74, 6) is 2.02. The Hall–Kier alpha value is -3.81. The number of anilines is 1. The van der Waals surface area contributed by atoms with Crippen LogP contribution in [0.3, 0.4) is 0 Å². The molecule has 1 aliphatic heterocycles. The minimum atomic E-state index is -0.141. The standard InChI is InChI=1S/C25H26N4O4/c1-31-18-10-9-16(21(12-18)32-2)13-26-25(30)17-6-5-11-29(14-17)24-23-22(27-15-28-24)19-7-3-4-8-20(19)33-23/h3-4,7-10,12,15,17H,5-6,11,13-14H2,1-2H3,(H,26,30)/t17-/m1/s1. The van der Waals surface area contributed by atoms with Crippen molar-refractivity contribution >= 4 is 33.8 Å². The number of fused-ring (bicyclic) bond motifs is 3. The highest BCUT2D eigenvalue weighted by Crippen LogP contribution is 2.34. The minimum absolute atomic E-state index is 0.0208. The predicted octanol–water partition coefficient (Wildman–Crippen LogP) is 3.93. The maximum atomic E-state index is 13.0. The first-order chi connectivity index (χ1) is 16.2. The number of furan rings is 1. The molecule has 1 fully saturated rings. The van der Waals surface area contributed by atoms with E-state index in [1.807, 2.05) is 42.5 Å². The van der Waals surface area contributed by atoms with E-state index in [0.29, 0.717) is 30.2 Å². The Morgan fingerprint density at radius 1 is 1.18 bits per heavy atom. The van der Waals surface area contributed by atoms with E-state index in [-0.39, 0.29) is 11.8 Å². The fourth-order valence-corrected chi connectivity index (χ4v) is 4.44. The second kappa shape index (κ2) is 8.97. The lowest BCUT2D eigenvalue weighted by Gasteiger charge is -2.32. The van der Waals surface area contributed by atoms with Crippen LogP contribution in [0.15, 0.2) is 53.2 Å². The summed E-state index contributed by atoms with van der Waals surface area (Å²) >= 11 is 0. The zero-order valence-electron chi connectivity index (χ0n) is 18.7. The Morgan fingerprint density at radius 2 is 2.06 bits per heavy atom. The number of nitrogens with one attached hydrogen (secondary N) is 1. The fraction of sp³-hybridized carbons (Fsp3) is 0.320. The Balaban J connectivity index is 1.32. The molecule has 1 N–H and O–H groups in total. The van der Waals surface area contributed by atoms with Gasteiger partial charge in [-0.1, -0.05) is 12.1 Å². The van der Waals surface area contributed by atoms with Gasteiger partial charge in [0.05, 0.1) is 20.1 Å². The summed E-state index contributed by atoms with van der Waals surface area (Å²) < 4.78 is 16.8.